The molecule has 2 aromatic rings. The van der Waals surface area contributed by atoms with Gasteiger partial charge in [0, 0.05) is 5.38 Å². The molecule has 0 saturated heterocycles. The first-order valence-corrected chi connectivity index (χ1v) is 8.28. The maximum absolute atomic E-state index is 12.4. The van der Waals surface area contributed by atoms with Gasteiger partial charge < -0.3 is 31.7 Å². The zero-order valence-corrected chi connectivity index (χ0v) is 14.1. The van der Waals surface area contributed by atoms with Gasteiger partial charge in [-0.25, -0.2) is 9.78 Å². The van der Waals surface area contributed by atoms with Crippen LogP contribution in [0.1, 0.15) is 21.6 Å². The van der Waals surface area contributed by atoms with Crippen LogP contribution in [0.15, 0.2) is 28.7 Å². The van der Waals surface area contributed by atoms with E-state index in [-0.39, 0.29) is 34.3 Å². The summed E-state index contributed by atoms with van der Waals surface area (Å²) in [5.74, 6) is 2.70. The third-order valence-electron chi connectivity index (χ3n) is 3.77. The van der Waals surface area contributed by atoms with E-state index in [4.69, 9.17) is 16.2 Å². The Kier molecular flexibility index (Phi) is 4.78. The van der Waals surface area contributed by atoms with Crippen molar-refractivity contribution in [2.75, 3.05) is 5.73 Å². The molecule has 1 aromatic carbocycles. The maximum atomic E-state index is 12.4. The lowest BCUT2D eigenvalue weighted by molar-refractivity contribution is -0.115. The van der Waals surface area contributed by atoms with Crippen LogP contribution >= 0.6 is 11.3 Å². The Hall–Kier alpha value is -3.12. The zero-order valence-electron chi connectivity index (χ0n) is 13.2. The molecule has 0 fully saturated rings. The Balaban J connectivity index is 1.80. The van der Waals surface area contributed by atoms with Crippen molar-refractivity contribution in [1.29, 1.82) is 0 Å². The fraction of sp³-hybridized carbons (Fsp3) is 0.143. The highest BCUT2D eigenvalue weighted by atomic mass is 32.1. The molecule has 0 unspecified atom stereocenters. The average Bonchev–Trinajstić information content (AvgIpc) is 3.01. The minimum absolute atomic E-state index is 0.0616. The number of rotatable bonds is 4. The van der Waals surface area contributed by atoms with E-state index in [0.717, 1.165) is 11.3 Å². The van der Waals surface area contributed by atoms with Gasteiger partial charge in [0.1, 0.15) is 11.4 Å². The van der Waals surface area contributed by atoms with Crippen molar-refractivity contribution in [3.8, 4) is 5.75 Å². The molecule has 0 bridgehead atoms. The van der Waals surface area contributed by atoms with Crippen molar-refractivity contribution in [2.45, 2.75) is 12.4 Å². The van der Waals surface area contributed by atoms with E-state index in [2.05, 4.69) is 15.4 Å². The maximum Gasteiger partial charge on any atom is 0.547 e. The van der Waals surface area contributed by atoms with Gasteiger partial charge in [0.25, 0.3) is 5.91 Å². The number of para-hydroxylation sites is 1. The van der Waals surface area contributed by atoms with Gasteiger partial charge in [-0.3, -0.25) is 4.79 Å². The predicted molar refractivity (Wildman–Crippen MR) is 94.9 cm³/mol. The van der Waals surface area contributed by atoms with Gasteiger partial charge in [-0.2, -0.15) is 5.10 Å². The van der Waals surface area contributed by atoms with E-state index in [1.807, 2.05) is 0 Å². The highest BCUT2D eigenvalue weighted by molar-refractivity contribution is 7.13. The van der Waals surface area contributed by atoms with Gasteiger partial charge >= 0.3 is 13.1 Å². The molecular weight excluding hydrogens is 361 g/mol. The SMILES string of the molecule is N/N=C(\C(=O)N[C@H]1Cc2cccc(C(=O)O)c2OB1O)c1csc(N)n1. The second-order valence-electron chi connectivity index (χ2n) is 5.44. The number of anilines is 1. The summed E-state index contributed by atoms with van der Waals surface area (Å²) in [6, 6.07) is 4.59. The van der Waals surface area contributed by atoms with Crippen molar-refractivity contribution in [2.24, 2.45) is 10.9 Å². The summed E-state index contributed by atoms with van der Waals surface area (Å²) in [7, 11) is -1.44. The van der Waals surface area contributed by atoms with Crippen molar-refractivity contribution < 1.29 is 24.4 Å². The van der Waals surface area contributed by atoms with E-state index in [0.29, 0.717) is 5.56 Å². The monoisotopic (exact) mass is 375 g/mol. The number of hydrogen-bond donors (Lipinski definition) is 5. The Morgan fingerprint density at radius 1 is 1.46 bits per heavy atom. The first kappa shape index (κ1) is 17.7. The molecule has 1 aliphatic rings. The molecule has 0 aliphatic carbocycles. The highest BCUT2D eigenvalue weighted by Crippen LogP contribution is 2.30. The van der Waals surface area contributed by atoms with E-state index in [9.17, 15) is 19.7 Å². The number of fused-ring (bicyclic) bond motifs is 1. The normalized spacial score (nSPS) is 16.6. The molecule has 0 radical (unpaired) electrons. The number of hydrazone groups is 1. The third kappa shape index (κ3) is 3.32. The molecule has 7 N–H and O–H groups in total. The molecule has 134 valence electrons. The lowest BCUT2D eigenvalue weighted by Crippen LogP contribution is -2.54. The lowest BCUT2D eigenvalue weighted by Gasteiger charge is -2.28. The van der Waals surface area contributed by atoms with E-state index >= 15 is 0 Å². The van der Waals surface area contributed by atoms with Gasteiger partial charge in [-0.1, -0.05) is 12.1 Å². The number of nitrogens with one attached hydrogen (secondary N) is 1. The van der Waals surface area contributed by atoms with Gasteiger partial charge in [0.15, 0.2) is 10.8 Å². The molecule has 10 nitrogen and oxygen atoms in total. The summed E-state index contributed by atoms with van der Waals surface area (Å²) in [5.41, 5.74) is 6.10. The van der Waals surface area contributed by atoms with Crippen LogP contribution in [0.25, 0.3) is 0 Å². The fourth-order valence-electron chi connectivity index (χ4n) is 2.59. The summed E-state index contributed by atoms with van der Waals surface area (Å²) >= 11 is 1.13. The van der Waals surface area contributed by atoms with E-state index in [1.165, 1.54) is 11.4 Å². The number of carbonyl (C=O) groups excluding carboxylic acids is 1. The van der Waals surface area contributed by atoms with E-state index < -0.39 is 24.9 Å². The van der Waals surface area contributed by atoms with Crippen LogP contribution in [0.3, 0.4) is 0 Å². The summed E-state index contributed by atoms with van der Waals surface area (Å²) in [6.45, 7) is 0. The zero-order chi connectivity index (χ0) is 18.8. The fourth-order valence-corrected chi connectivity index (χ4v) is 3.14. The van der Waals surface area contributed by atoms with Crippen LogP contribution in [0.2, 0.25) is 0 Å². The van der Waals surface area contributed by atoms with Crippen LogP contribution in [-0.4, -0.2) is 45.8 Å². The van der Waals surface area contributed by atoms with Crippen molar-refractivity contribution >= 4 is 41.2 Å². The van der Waals surface area contributed by atoms with Gasteiger partial charge in [0.05, 0.1) is 11.5 Å². The number of thiazole rings is 1. The van der Waals surface area contributed by atoms with Crippen molar-refractivity contribution in [3.63, 3.8) is 0 Å². The molecule has 0 saturated carbocycles. The lowest BCUT2D eigenvalue weighted by atomic mass is 9.72. The molecule has 12 heteroatoms. The van der Waals surface area contributed by atoms with Crippen LogP contribution in [0.5, 0.6) is 5.75 Å². The molecule has 0 spiro atoms. The summed E-state index contributed by atoms with van der Waals surface area (Å²) < 4.78 is 5.32. The predicted octanol–water partition coefficient (Wildman–Crippen LogP) is -0.774. The molecule has 2 heterocycles. The highest BCUT2D eigenvalue weighted by Gasteiger charge is 2.38. The number of nitrogens with zero attached hydrogens (tertiary/aromatic N) is 2. The number of carboxylic acid groups (broad SMARTS) is 1. The minimum Gasteiger partial charge on any atom is -0.534 e. The number of benzene rings is 1. The van der Waals surface area contributed by atoms with Crippen LogP contribution < -0.4 is 21.5 Å². The second-order valence-corrected chi connectivity index (χ2v) is 6.33. The molecule has 1 aromatic heterocycles. The topological polar surface area (TPSA) is 173 Å². The first-order chi connectivity index (χ1) is 12.4. The quantitative estimate of drug-likeness (QED) is 0.200. The summed E-state index contributed by atoms with van der Waals surface area (Å²) in [6.07, 6.45) is 0.167. The molecule has 1 aliphatic heterocycles. The number of amides is 1. The Morgan fingerprint density at radius 2 is 2.23 bits per heavy atom. The van der Waals surface area contributed by atoms with Gasteiger partial charge in [0.2, 0.25) is 0 Å². The third-order valence-corrected chi connectivity index (χ3v) is 4.45. The number of aromatic nitrogens is 1. The number of nitrogen functional groups attached to an aromatic ring is 1. The number of carboxylic acids is 1. The first-order valence-electron chi connectivity index (χ1n) is 7.40. The Labute approximate surface area is 151 Å². The number of aromatic carboxylic acids is 1. The average molecular weight is 375 g/mol. The van der Waals surface area contributed by atoms with Gasteiger partial charge in [-0.15, -0.1) is 11.3 Å². The number of carbonyl (C=O) groups is 2. The number of nitrogens with two attached hydrogens (primary N) is 2. The van der Waals surface area contributed by atoms with Crippen LogP contribution in [0, 0.1) is 0 Å². The molecule has 3 rings (SSSR count). The van der Waals surface area contributed by atoms with Crippen LogP contribution in [-0.2, 0) is 11.2 Å². The largest absolute Gasteiger partial charge is 0.547 e. The standard InChI is InChI=1S/C14H14BN5O5S/c16-14-18-8(5-26-14)10(20-17)12(21)19-9-4-6-2-1-3-7(13(22)23)11(6)25-15(9)24/h1-3,5,9,24H,4,17H2,(H2,16,18)(H,19,21)(H,22,23)/b20-10-/t9-/m0/s1. The Morgan fingerprint density at radius 3 is 2.85 bits per heavy atom. The molecule has 1 atom stereocenters. The molecule has 1 amide bonds. The summed E-state index contributed by atoms with van der Waals surface area (Å²) in [5, 5.41) is 27.2. The summed E-state index contributed by atoms with van der Waals surface area (Å²) in [4.78, 5) is 27.6. The van der Waals surface area contributed by atoms with Crippen LogP contribution in [0.4, 0.5) is 5.13 Å². The minimum atomic E-state index is -1.44. The molecule has 26 heavy (non-hydrogen) atoms. The van der Waals surface area contributed by atoms with E-state index in [1.54, 1.807) is 12.1 Å². The van der Waals surface area contributed by atoms with Crippen molar-refractivity contribution in [3.05, 3.63) is 40.4 Å². The smallest absolute Gasteiger partial charge is 0.534 e. The Bertz CT molecular complexity index is 902. The van der Waals surface area contributed by atoms with Gasteiger partial charge in [-0.05, 0) is 18.1 Å². The molecular formula is C14H14BN5O5S. The number of hydrogen-bond acceptors (Lipinski definition) is 9. The van der Waals surface area contributed by atoms with Crippen molar-refractivity contribution in [1.82, 2.24) is 10.3 Å². The second kappa shape index (κ2) is 7.02.